The first-order chi connectivity index (χ1) is 14.6. The number of aromatic nitrogens is 2. The van der Waals surface area contributed by atoms with Crippen LogP contribution in [-0.4, -0.2) is 48.7 Å². The molecule has 0 bridgehead atoms. The van der Waals surface area contributed by atoms with Gasteiger partial charge in [0.2, 0.25) is 0 Å². The van der Waals surface area contributed by atoms with E-state index < -0.39 is 0 Å². The molecule has 30 heavy (non-hydrogen) atoms. The molecular weight excluding hydrogens is 378 g/mol. The van der Waals surface area contributed by atoms with Crippen LogP contribution in [0.1, 0.15) is 28.4 Å². The Morgan fingerprint density at radius 1 is 1.17 bits per heavy atom. The third kappa shape index (κ3) is 3.64. The number of nitrogens with zero attached hydrogens (tertiary/aromatic N) is 5. The van der Waals surface area contributed by atoms with Gasteiger partial charge in [-0.3, -0.25) is 4.98 Å². The van der Waals surface area contributed by atoms with E-state index in [1.807, 2.05) is 19.1 Å². The Bertz CT molecular complexity index is 1130. The molecule has 0 amide bonds. The summed E-state index contributed by atoms with van der Waals surface area (Å²) in [6.45, 7) is 6.93. The number of hydrogen-bond donors (Lipinski definition) is 0. The SMILES string of the molecule is CCOC(=O)c1cnc2ccc(C)cc2c1N1CCN(c2ncccc2C#N)CC1. The van der Waals surface area contributed by atoms with Crippen molar-refractivity contribution in [1.82, 2.24) is 9.97 Å². The van der Waals surface area contributed by atoms with E-state index in [4.69, 9.17) is 4.74 Å². The molecule has 3 heterocycles. The molecule has 0 radical (unpaired) electrons. The lowest BCUT2D eigenvalue weighted by Gasteiger charge is -2.38. The summed E-state index contributed by atoms with van der Waals surface area (Å²) in [6, 6.07) is 11.8. The molecule has 0 atom stereocenters. The number of carbonyl (C=O) groups excluding carboxylic acids is 1. The van der Waals surface area contributed by atoms with E-state index in [1.54, 1.807) is 31.5 Å². The van der Waals surface area contributed by atoms with Crippen LogP contribution in [0, 0.1) is 18.3 Å². The fourth-order valence-electron chi connectivity index (χ4n) is 3.87. The zero-order valence-corrected chi connectivity index (χ0v) is 17.1. The number of benzene rings is 1. The highest BCUT2D eigenvalue weighted by atomic mass is 16.5. The number of piperazine rings is 1. The first-order valence-electron chi connectivity index (χ1n) is 10.0. The van der Waals surface area contributed by atoms with Crippen LogP contribution < -0.4 is 9.80 Å². The van der Waals surface area contributed by atoms with Crippen molar-refractivity contribution in [2.45, 2.75) is 13.8 Å². The summed E-state index contributed by atoms with van der Waals surface area (Å²) in [4.78, 5) is 25.9. The number of nitriles is 1. The molecule has 1 saturated heterocycles. The summed E-state index contributed by atoms with van der Waals surface area (Å²) in [7, 11) is 0. The van der Waals surface area contributed by atoms with Crippen molar-refractivity contribution >= 4 is 28.4 Å². The van der Waals surface area contributed by atoms with Crippen LogP contribution >= 0.6 is 0 Å². The minimum atomic E-state index is -0.359. The predicted molar refractivity (Wildman–Crippen MR) is 116 cm³/mol. The molecule has 7 heteroatoms. The third-order valence-corrected chi connectivity index (χ3v) is 5.29. The summed E-state index contributed by atoms with van der Waals surface area (Å²) < 4.78 is 5.30. The molecule has 0 spiro atoms. The van der Waals surface area contributed by atoms with Crippen LogP contribution in [0.15, 0.2) is 42.7 Å². The van der Waals surface area contributed by atoms with Crippen LogP contribution in [0.3, 0.4) is 0 Å². The summed E-state index contributed by atoms with van der Waals surface area (Å²) in [5.41, 5.74) is 3.88. The van der Waals surface area contributed by atoms with Gasteiger partial charge in [-0.1, -0.05) is 11.6 Å². The molecule has 0 N–H and O–H groups in total. The lowest BCUT2D eigenvalue weighted by Crippen LogP contribution is -2.47. The molecule has 4 rings (SSSR count). The zero-order valence-electron chi connectivity index (χ0n) is 17.1. The number of hydrogen-bond acceptors (Lipinski definition) is 7. The standard InChI is InChI=1S/C23H23N5O2/c1-3-30-23(29)19-15-26-20-7-6-16(2)13-18(20)21(19)27-9-11-28(12-10-27)22-17(14-24)5-4-8-25-22/h4-8,13,15H,3,9-12H2,1-2H3. The number of esters is 1. The molecule has 1 aliphatic heterocycles. The van der Waals surface area contributed by atoms with E-state index in [2.05, 4.69) is 31.9 Å². The van der Waals surface area contributed by atoms with E-state index in [-0.39, 0.29) is 5.97 Å². The van der Waals surface area contributed by atoms with Crippen molar-refractivity contribution in [2.24, 2.45) is 0 Å². The number of anilines is 2. The highest BCUT2D eigenvalue weighted by Crippen LogP contribution is 2.32. The van der Waals surface area contributed by atoms with Crippen molar-refractivity contribution in [2.75, 3.05) is 42.6 Å². The summed E-state index contributed by atoms with van der Waals surface area (Å²) in [5.74, 6) is 0.350. The Balaban J connectivity index is 1.69. The van der Waals surface area contributed by atoms with Crippen molar-refractivity contribution < 1.29 is 9.53 Å². The smallest absolute Gasteiger partial charge is 0.341 e. The minimum absolute atomic E-state index is 0.314. The molecule has 3 aromatic rings. The maximum Gasteiger partial charge on any atom is 0.341 e. The van der Waals surface area contributed by atoms with Gasteiger partial charge in [0, 0.05) is 44.0 Å². The highest BCUT2D eigenvalue weighted by molar-refractivity contribution is 6.05. The Morgan fingerprint density at radius 3 is 2.67 bits per heavy atom. The maximum absolute atomic E-state index is 12.7. The predicted octanol–water partition coefficient (Wildman–Crippen LogP) is 3.31. The van der Waals surface area contributed by atoms with Crippen molar-refractivity contribution in [3.05, 3.63) is 59.4 Å². The second-order valence-corrected chi connectivity index (χ2v) is 7.22. The maximum atomic E-state index is 12.7. The summed E-state index contributed by atoms with van der Waals surface area (Å²) in [6.07, 6.45) is 3.32. The first-order valence-corrected chi connectivity index (χ1v) is 10.0. The van der Waals surface area contributed by atoms with Gasteiger partial charge < -0.3 is 14.5 Å². The fraction of sp³-hybridized carbons (Fsp3) is 0.304. The number of aryl methyl sites for hydroxylation is 1. The van der Waals surface area contributed by atoms with Gasteiger partial charge in [0.25, 0.3) is 0 Å². The van der Waals surface area contributed by atoms with Crippen molar-refractivity contribution in [3.8, 4) is 6.07 Å². The Kier molecular flexibility index (Phi) is 5.48. The van der Waals surface area contributed by atoms with E-state index in [0.29, 0.717) is 49.7 Å². The van der Waals surface area contributed by atoms with Crippen molar-refractivity contribution in [1.29, 1.82) is 5.26 Å². The molecule has 7 nitrogen and oxygen atoms in total. The van der Waals surface area contributed by atoms with Gasteiger partial charge in [0.1, 0.15) is 17.5 Å². The molecular formula is C23H23N5O2. The molecule has 1 aromatic carbocycles. The van der Waals surface area contributed by atoms with Gasteiger partial charge in [-0.2, -0.15) is 5.26 Å². The lowest BCUT2D eigenvalue weighted by molar-refractivity contribution is 0.0527. The molecule has 152 valence electrons. The molecule has 0 unspecified atom stereocenters. The number of carbonyl (C=O) groups is 1. The number of fused-ring (bicyclic) bond motifs is 1. The quantitative estimate of drug-likeness (QED) is 0.620. The van der Waals surface area contributed by atoms with Gasteiger partial charge in [0.15, 0.2) is 0 Å². The normalized spacial score (nSPS) is 13.9. The second kappa shape index (κ2) is 8.37. The molecule has 0 saturated carbocycles. The van der Waals surface area contributed by atoms with Gasteiger partial charge >= 0.3 is 5.97 Å². The molecule has 1 aliphatic rings. The summed E-state index contributed by atoms with van der Waals surface area (Å²) >= 11 is 0. The monoisotopic (exact) mass is 401 g/mol. The second-order valence-electron chi connectivity index (χ2n) is 7.22. The molecule has 1 fully saturated rings. The Labute approximate surface area is 175 Å². The zero-order chi connectivity index (χ0) is 21.1. The first kappa shape index (κ1) is 19.6. The van der Waals surface area contributed by atoms with Crippen LogP contribution in [0.25, 0.3) is 10.9 Å². The van der Waals surface area contributed by atoms with Crippen molar-refractivity contribution in [3.63, 3.8) is 0 Å². The Hall–Kier alpha value is -3.66. The van der Waals surface area contributed by atoms with Gasteiger partial charge in [-0.05, 0) is 38.1 Å². The minimum Gasteiger partial charge on any atom is -0.462 e. The Morgan fingerprint density at radius 2 is 1.93 bits per heavy atom. The van der Waals surface area contributed by atoms with Crippen LogP contribution in [0.5, 0.6) is 0 Å². The number of ether oxygens (including phenoxy) is 1. The van der Waals surface area contributed by atoms with E-state index >= 15 is 0 Å². The van der Waals surface area contributed by atoms with E-state index in [0.717, 1.165) is 22.2 Å². The van der Waals surface area contributed by atoms with Gasteiger partial charge in [0.05, 0.1) is 23.4 Å². The average Bonchev–Trinajstić information content (AvgIpc) is 2.78. The molecule has 0 aliphatic carbocycles. The van der Waals surface area contributed by atoms with Crippen LogP contribution in [0.2, 0.25) is 0 Å². The third-order valence-electron chi connectivity index (χ3n) is 5.29. The fourth-order valence-corrected chi connectivity index (χ4v) is 3.87. The highest BCUT2D eigenvalue weighted by Gasteiger charge is 2.26. The summed E-state index contributed by atoms with van der Waals surface area (Å²) in [5, 5.41) is 10.3. The van der Waals surface area contributed by atoms with Crippen LogP contribution in [-0.2, 0) is 4.74 Å². The largest absolute Gasteiger partial charge is 0.462 e. The van der Waals surface area contributed by atoms with Crippen LogP contribution in [0.4, 0.5) is 11.5 Å². The van der Waals surface area contributed by atoms with E-state index in [1.165, 1.54) is 0 Å². The van der Waals surface area contributed by atoms with Gasteiger partial charge in [-0.15, -0.1) is 0 Å². The van der Waals surface area contributed by atoms with Gasteiger partial charge in [-0.25, -0.2) is 9.78 Å². The number of pyridine rings is 2. The molecule has 2 aromatic heterocycles. The van der Waals surface area contributed by atoms with E-state index in [9.17, 15) is 10.1 Å². The number of rotatable bonds is 4. The average molecular weight is 401 g/mol. The lowest BCUT2D eigenvalue weighted by atomic mass is 10.0. The topological polar surface area (TPSA) is 82.3 Å².